The van der Waals surface area contributed by atoms with Crippen LogP contribution in [0.15, 0.2) is 36.4 Å². The van der Waals surface area contributed by atoms with Gasteiger partial charge in [0.05, 0.1) is 12.5 Å². The number of hydrogen-bond acceptors (Lipinski definition) is 4. The summed E-state index contributed by atoms with van der Waals surface area (Å²) in [6.07, 6.45) is 0.0751. The van der Waals surface area contributed by atoms with Gasteiger partial charge in [-0.3, -0.25) is 14.5 Å². The number of nitrogens with one attached hydrogen (secondary N) is 1. The number of imide groups is 1. The van der Waals surface area contributed by atoms with Gasteiger partial charge in [0, 0.05) is 32.9 Å². The molecular formula is C22H19Cl3N4O3. The van der Waals surface area contributed by atoms with Crippen LogP contribution in [-0.2, 0) is 15.1 Å². The lowest BCUT2D eigenvalue weighted by atomic mass is 9.92. The Bertz CT molecular complexity index is 1150. The molecule has 10 heteroatoms. The largest absolute Gasteiger partial charge is 0.325 e. The molecule has 1 unspecified atom stereocenters. The van der Waals surface area contributed by atoms with Gasteiger partial charge in [-0.25, -0.2) is 4.79 Å². The Labute approximate surface area is 200 Å². The molecule has 7 nitrogen and oxygen atoms in total. The molecule has 0 saturated carbocycles. The summed E-state index contributed by atoms with van der Waals surface area (Å²) < 4.78 is 0. The van der Waals surface area contributed by atoms with E-state index in [2.05, 4.69) is 5.32 Å². The van der Waals surface area contributed by atoms with E-state index in [-0.39, 0.29) is 18.0 Å². The molecule has 1 saturated heterocycles. The van der Waals surface area contributed by atoms with E-state index < -0.39 is 29.9 Å². The van der Waals surface area contributed by atoms with Crippen molar-refractivity contribution in [2.75, 3.05) is 18.0 Å². The number of hydrogen-bond donors (Lipinski definition) is 1. The number of carbonyl (C=O) groups is 3. The molecule has 32 heavy (non-hydrogen) atoms. The third kappa shape index (κ3) is 4.53. The van der Waals surface area contributed by atoms with Crippen LogP contribution >= 0.6 is 34.8 Å². The highest BCUT2D eigenvalue weighted by Crippen LogP contribution is 2.35. The van der Waals surface area contributed by atoms with Gasteiger partial charge in [-0.15, -0.1) is 0 Å². The standard InChI is InChI=1S/C22H19Cl3N4O3/c1-13-10-15(5-7-17(13)24)28(9-3-8-26)19(30)12-29-20(31)22(2,27-21(29)32)16-6-4-14(23)11-18(16)25/h4-7,10-11H,3,9,12H2,1-2H3,(H,27,32). The quantitative estimate of drug-likeness (QED) is 0.592. The predicted octanol–water partition coefficient (Wildman–Crippen LogP) is 4.67. The summed E-state index contributed by atoms with van der Waals surface area (Å²) >= 11 is 18.3. The minimum absolute atomic E-state index is 0.0751. The van der Waals surface area contributed by atoms with Gasteiger partial charge in [-0.05, 0) is 49.7 Å². The van der Waals surface area contributed by atoms with Gasteiger partial charge in [-0.1, -0.05) is 40.9 Å². The van der Waals surface area contributed by atoms with Crippen molar-refractivity contribution >= 4 is 58.3 Å². The normalized spacial score (nSPS) is 17.8. The molecule has 166 valence electrons. The maximum absolute atomic E-state index is 13.2. The van der Waals surface area contributed by atoms with E-state index in [9.17, 15) is 14.4 Å². The molecule has 0 radical (unpaired) electrons. The van der Waals surface area contributed by atoms with Crippen LogP contribution in [-0.4, -0.2) is 35.8 Å². The highest BCUT2D eigenvalue weighted by Gasteiger charge is 2.50. The van der Waals surface area contributed by atoms with Crippen molar-refractivity contribution in [3.05, 3.63) is 62.6 Å². The smallest absolute Gasteiger partial charge is 0.319 e. The molecule has 4 amide bonds. The summed E-state index contributed by atoms with van der Waals surface area (Å²) in [6.45, 7) is 2.90. The zero-order chi connectivity index (χ0) is 23.6. The summed E-state index contributed by atoms with van der Waals surface area (Å²) in [7, 11) is 0. The zero-order valence-corrected chi connectivity index (χ0v) is 19.6. The second kappa shape index (κ2) is 9.37. The molecular weight excluding hydrogens is 475 g/mol. The molecule has 1 N–H and O–H groups in total. The van der Waals surface area contributed by atoms with Gasteiger partial charge in [0.15, 0.2) is 0 Å². The van der Waals surface area contributed by atoms with Crippen LogP contribution in [0.5, 0.6) is 0 Å². The Morgan fingerprint density at radius 2 is 1.88 bits per heavy atom. The second-order valence-electron chi connectivity index (χ2n) is 7.46. The van der Waals surface area contributed by atoms with E-state index in [4.69, 9.17) is 40.1 Å². The monoisotopic (exact) mass is 492 g/mol. The average molecular weight is 494 g/mol. The first kappa shape index (κ1) is 23.9. The van der Waals surface area contributed by atoms with Crippen LogP contribution in [0.4, 0.5) is 10.5 Å². The molecule has 0 bridgehead atoms. The van der Waals surface area contributed by atoms with Crippen molar-refractivity contribution in [3.63, 3.8) is 0 Å². The number of anilines is 1. The van der Waals surface area contributed by atoms with Gasteiger partial charge in [0.25, 0.3) is 5.91 Å². The summed E-state index contributed by atoms with van der Waals surface area (Å²) in [4.78, 5) is 41.2. The molecule has 1 aliphatic rings. The molecule has 2 aromatic rings. The molecule has 0 aliphatic carbocycles. The minimum Gasteiger partial charge on any atom is -0.319 e. The summed E-state index contributed by atoms with van der Waals surface area (Å²) in [5.41, 5.74) is 0.181. The van der Waals surface area contributed by atoms with Crippen LogP contribution in [0.25, 0.3) is 0 Å². The SMILES string of the molecule is Cc1cc(N(CCC#N)C(=O)CN2C(=O)NC(C)(c3ccc(Cl)cc3Cl)C2=O)ccc1Cl. The van der Waals surface area contributed by atoms with Gasteiger partial charge >= 0.3 is 6.03 Å². The van der Waals surface area contributed by atoms with Crippen molar-refractivity contribution < 1.29 is 14.4 Å². The van der Waals surface area contributed by atoms with E-state index in [1.807, 2.05) is 6.07 Å². The minimum atomic E-state index is -1.45. The first-order valence-electron chi connectivity index (χ1n) is 9.61. The Kier molecular flexibility index (Phi) is 6.99. The van der Waals surface area contributed by atoms with Crippen LogP contribution in [0, 0.1) is 18.3 Å². The first-order chi connectivity index (χ1) is 15.1. The summed E-state index contributed by atoms with van der Waals surface area (Å²) in [6, 6.07) is 10.9. The number of rotatable bonds is 6. The number of carbonyl (C=O) groups excluding carboxylic acids is 3. The molecule has 1 atom stereocenters. The number of nitrogens with zero attached hydrogens (tertiary/aromatic N) is 3. The average Bonchev–Trinajstić information content (AvgIpc) is 2.94. The summed E-state index contributed by atoms with van der Waals surface area (Å²) in [5, 5.41) is 12.7. The van der Waals surface area contributed by atoms with E-state index in [1.54, 1.807) is 37.3 Å². The number of urea groups is 1. The van der Waals surface area contributed by atoms with Gasteiger partial charge < -0.3 is 10.2 Å². The maximum atomic E-state index is 13.2. The maximum Gasteiger partial charge on any atom is 0.325 e. The number of aryl methyl sites for hydroxylation is 1. The highest BCUT2D eigenvalue weighted by molar-refractivity contribution is 6.35. The van der Waals surface area contributed by atoms with E-state index in [0.29, 0.717) is 21.3 Å². The summed E-state index contributed by atoms with van der Waals surface area (Å²) in [5.74, 6) is -1.13. The number of amides is 4. The Morgan fingerprint density at radius 1 is 1.16 bits per heavy atom. The molecule has 1 fully saturated rings. The van der Waals surface area contributed by atoms with Gasteiger partial charge in [-0.2, -0.15) is 5.26 Å². The van der Waals surface area contributed by atoms with Crippen molar-refractivity contribution in [1.82, 2.24) is 10.2 Å². The van der Waals surface area contributed by atoms with Crippen molar-refractivity contribution in [3.8, 4) is 6.07 Å². The third-order valence-electron chi connectivity index (χ3n) is 5.24. The topological polar surface area (TPSA) is 93.5 Å². The lowest BCUT2D eigenvalue weighted by molar-refractivity contribution is -0.134. The van der Waals surface area contributed by atoms with E-state index >= 15 is 0 Å². The Hall–Kier alpha value is -2.79. The molecule has 1 heterocycles. The number of benzene rings is 2. The Balaban J connectivity index is 1.87. The fraction of sp³-hybridized carbons (Fsp3) is 0.273. The van der Waals surface area contributed by atoms with Crippen LogP contribution < -0.4 is 10.2 Å². The second-order valence-corrected chi connectivity index (χ2v) is 8.71. The zero-order valence-electron chi connectivity index (χ0n) is 17.3. The van der Waals surface area contributed by atoms with Gasteiger partial charge in [0.1, 0.15) is 12.1 Å². The molecule has 0 spiro atoms. The highest BCUT2D eigenvalue weighted by atomic mass is 35.5. The lowest BCUT2D eigenvalue weighted by Gasteiger charge is -2.26. The fourth-order valence-corrected chi connectivity index (χ4v) is 4.21. The number of nitriles is 1. The van der Waals surface area contributed by atoms with E-state index in [0.717, 1.165) is 10.5 Å². The van der Waals surface area contributed by atoms with Crippen LogP contribution in [0.2, 0.25) is 15.1 Å². The predicted molar refractivity (Wildman–Crippen MR) is 123 cm³/mol. The molecule has 2 aromatic carbocycles. The van der Waals surface area contributed by atoms with Crippen molar-refractivity contribution in [2.24, 2.45) is 0 Å². The first-order valence-corrected chi connectivity index (χ1v) is 10.7. The lowest BCUT2D eigenvalue weighted by Crippen LogP contribution is -2.45. The molecule has 3 rings (SSSR count). The van der Waals surface area contributed by atoms with Crippen LogP contribution in [0.1, 0.15) is 24.5 Å². The van der Waals surface area contributed by atoms with Gasteiger partial charge in [0.2, 0.25) is 5.91 Å². The fourth-order valence-electron chi connectivity index (χ4n) is 3.50. The van der Waals surface area contributed by atoms with Crippen molar-refractivity contribution in [1.29, 1.82) is 5.26 Å². The molecule has 0 aromatic heterocycles. The van der Waals surface area contributed by atoms with Crippen molar-refractivity contribution in [2.45, 2.75) is 25.8 Å². The Morgan fingerprint density at radius 3 is 2.50 bits per heavy atom. The van der Waals surface area contributed by atoms with E-state index in [1.165, 1.54) is 17.9 Å². The molecule has 1 aliphatic heterocycles. The third-order valence-corrected chi connectivity index (χ3v) is 6.21. The number of halogens is 3. The van der Waals surface area contributed by atoms with Crippen LogP contribution in [0.3, 0.4) is 0 Å².